The van der Waals surface area contributed by atoms with Crippen molar-refractivity contribution in [2.75, 3.05) is 32.9 Å². The summed E-state index contributed by atoms with van der Waals surface area (Å²) >= 11 is 5.95. The second-order valence-electron chi connectivity index (χ2n) is 6.43. The fourth-order valence-corrected chi connectivity index (χ4v) is 3.59. The van der Waals surface area contributed by atoms with Crippen molar-refractivity contribution in [1.29, 1.82) is 0 Å². The third-order valence-electron chi connectivity index (χ3n) is 4.70. The number of carbonyl (C=O) groups excluding carboxylic acids is 1. The molecule has 2 aliphatic heterocycles. The Labute approximate surface area is 148 Å². The van der Waals surface area contributed by atoms with E-state index in [1.807, 2.05) is 31.2 Å². The van der Waals surface area contributed by atoms with Gasteiger partial charge in [-0.3, -0.25) is 9.69 Å². The lowest BCUT2D eigenvalue weighted by molar-refractivity contribution is -0.122. The molecule has 1 N–H and O–H groups in total. The van der Waals surface area contributed by atoms with Crippen LogP contribution in [0.4, 0.5) is 0 Å². The molecular weight excluding hydrogens is 328 g/mol. The van der Waals surface area contributed by atoms with Crippen molar-refractivity contribution in [3.05, 3.63) is 34.9 Å². The number of hydrogen-bond donors (Lipinski definition) is 1. The largest absolute Gasteiger partial charge is 0.381 e. The fraction of sp³-hybridized carbons (Fsp3) is 0.611. The van der Waals surface area contributed by atoms with E-state index >= 15 is 0 Å². The first-order chi connectivity index (χ1) is 11.7. The summed E-state index contributed by atoms with van der Waals surface area (Å²) in [5, 5.41) is 3.86. The predicted octanol–water partition coefficient (Wildman–Crippen LogP) is 2.40. The van der Waals surface area contributed by atoms with E-state index in [2.05, 4.69) is 10.2 Å². The topological polar surface area (TPSA) is 50.8 Å². The first-order valence-electron chi connectivity index (χ1n) is 8.64. The molecule has 0 spiro atoms. The van der Waals surface area contributed by atoms with Crippen molar-refractivity contribution < 1.29 is 14.3 Å². The molecule has 1 aromatic rings. The van der Waals surface area contributed by atoms with Crippen molar-refractivity contribution in [3.8, 4) is 0 Å². The standard InChI is InChI=1S/C18H25ClN2O3/c1-2-23-8-7-18(22)20-15-9-16-12-24-17(11-21(16)10-15)13-3-5-14(19)6-4-13/h3-6,15-17H,2,7-12H2,1H3,(H,20,22)/t15-,16-,17+/m0/s1. The first-order valence-corrected chi connectivity index (χ1v) is 9.01. The number of carbonyl (C=O) groups is 1. The van der Waals surface area contributed by atoms with Gasteiger partial charge in [-0.1, -0.05) is 23.7 Å². The van der Waals surface area contributed by atoms with E-state index in [0.29, 0.717) is 32.3 Å². The number of ether oxygens (including phenoxy) is 2. The van der Waals surface area contributed by atoms with Crippen LogP contribution in [0, 0.1) is 0 Å². The molecule has 0 saturated carbocycles. The molecule has 24 heavy (non-hydrogen) atoms. The minimum atomic E-state index is 0.0727. The van der Waals surface area contributed by atoms with Gasteiger partial charge < -0.3 is 14.8 Å². The number of hydrogen-bond acceptors (Lipinski definition) is 4. The van der Waals surface area contributed by atoms with Crippen LogP contribution in [0.25, 0.3) is 0 Å². The first kappa shape index (κ1) is 17.7. The Bertz CT molecular complexity index is 552. The van der Waals surface area contributed by atoms with Crippen LogP contribution < -0.4 is 5.32 Å². The van der Waals surface area contributed by atoms with Gasteiger partial charge in [0.2, 0.25) is 5.91 Å². The lowest BCUT2D eigenvalue weighted by atomic mass is 10.1. The summed E-state index contributed by atoms with van der Waals surface area (Å²) in [7, 11) is 0. The van der Waals surface area contributed by atoms with E-state index in [9.17, 15) is 4.79 Å². The molecule has 6 heteroatoms. The number of morpholine rings is 1. The lowest BCUT2D eigenvalue weighted by Crippen LogP contribution is -2.43. The predicted molar refractivity (Wildman–Crippen MR) is 93.2 cm³/mol. The summed E-state index contributed by atoms with van der Waals surface area (Å²) in [6.45, 7) is 5.53. The summed E-state index contributed by atoms with van der Waals surface area (Å²) in [6.07, 6.45) is 1.46. The highest BCUT2D eigenvalue weighted by Gasteiger charge is 2.38. The maximum atomic E-state index is 11.9. The summed E-state index contributed by atoms with van der Waals surface area (Å²) in [5.74, 6) is 0.0727. The van der Waals surface area contributed by atoms with Crippen molar-refractivity contribution in [1.82, 2.24) is 10.2 Å². The van der Waals surface area contributed by atoms with Gasteiger partial charge in [0.1, 0.15) is 0 Å². The number of amides is 1. The second-order valence-corrected chi connectivity index (χ2v) is 6.86. The average molecular weight is 353 g/mol. The highest BCUT2D eigenvalue weighted by Crippen LogP contribution is 2.30. The summed E-state index contributed by atoms with van der Waals surface area (Å²) < 4.78 is 11.3. The maximum absolute atomic E-state index is 11.9. The fourth-order valence-electron chi connectivity index (χ4n) is 3.47. The Kier molecular flexibility index (Phi) is 6.11. The summed E-state index contributed by atoms with van der Waals surface area (Å²) in [6, 6.07) is 8.45. The molecule has 2 heterocycles. The van der Waals surface area contributed by atoms with Gasteiger partial charge in [0.05, 0.1) is 19.3 Å². The molecule has 3 atom stereocenters. The van der Waals surface area contributed by atoms with E-state index < -0.39 is 0 Å². The van der Waals surface area contributed by atoms with Crippen LogP contribution in [0.15, 0.2) is 24.3 Å². The smallest absolute Gasteiger partial charge is 0.222 e. The number of benzene rings is 1. The molecule has 0 unspecified atom stereocenters. The highest BCUT2D eigenvalue weighted by molar-refractivity contribution is 6.30. The van der Waals surface area contributed by atoms with Gasteiger partial charge in [-0.15, -0.1) is 0 Å². The zero-order valence-corrected chi connectivity index (χ0v) is 14.8. The monoisotopic (exact) mass is 352 g/mol. The maximum Gasteiger partial charge on any atom is 0.222 e. The van der Waals surface area contributed by atoms with Crippen LogP contribution in [0.2, 0.25) is 5.02 Å². The van der Waals surface area contributed by atoms with E-state index in [-0.39, 0.29) is 18.1 Å². The van der Waals surface area contributed by atoms with E-state index in [1.165, 1.54) is 0 Å². The summed E-state index contributed by atoms with van der Waals surface area (Å²) in [5.41, 5.74) is 1.15. The Morgan fingerprint density at radius 1 is 1.38 bits per heavy atom. The third kappa shape index (κ3) is 4.48. The molecule has 2 fully saturated rings. The Morgan fingerprint density at radius 3 is 2.92 bits per heavy atom. The molecule has 2 aliphatic rings. The molecule has 3 rings (SSSR count). The Morgan fingerprint density at radius 2 is 2.17 bits per heavy atom. The van der Waals surface area contributed by atoms with E-state index in [4.69, 9.17) is 21.1 Å². The number of nitrogens with zero attached hydrogens (tertiary/aromatic N) is 1. The van der Waals surface area contributed by atoms with Crippen molar-refractivity contribution in [3.63, 3.8) is 0 Å². The van der Waals surface area contributed by atoms with Crippen molar-refractivity contribution in [2.45, 2.75) is 38.0 Å². The van der Waals surface area contributed by atoms with E-state index in [0.717, 1.165) is 30.1 Å². The van der Waals surface area contributed by atoms with Crippen LogP contribution in [0.3, 0.4) is 0 Å². The number of nitrogens with one attached hydrogen (secondary N) is 1. The zero-order chi connectivity index (χ0) is 16.9. The second kappa shape index (κ2) is 8.30. The number of halogens is 1. The minimum Gasteiger partial charge on any atom is -0.381 e. The minimum absolute atomic E-state index is 0.0727. The van der Waals surface area contributed by atoms with Crippen LogP contribution in [0.5, 0.6) is 0 Å². The van der Waals surface area contributed by atoms with Gasteiger partial charge in [-0.2, -0.15) is 0 Å². The molecule has 5 nitrogen and oxygen atoms in total. The quantitative estimate of drug-likeness (QED) is 0.799. The van der Waals surface area contributed by atoms with Crippen LogP contribution in [-0.2, 0) is 14.3 Å². The van der Waals surface area contributed by atoms with Gasteiger partial charge in [-0.25, -0.2) is 0 Å². The molecule has 1 aromatic carbocycles. The van der Waals surface area contributed by atoms with Crippen molar-refractivity contribution in [2.24, 2.45) is 0 Å². The molecule has 0 aliphatic carbocycles. The molecule has 132 valence electrons. The molecule has 0 radical (unpaired) electrons. The zero-order valence-electron chi connectivity index (χ0n) is 14.0. The third-order valence-corrected chi connectivity index (χ3v) is 4.95. The van der Waals surface area contributed by atoms with Gasteiger partial charge in [0, 0.05) is 43.2 Å². The van der Waals surface area contributed by atoms with Crippen LogP contribution in [0.1, 0.15) is 31.4 Å². The number of fused-ring (bicyclic) bond motifs is 1. The van der Waals surface area contributed by atoms with Gasteiger partial charge in [0.25, 0.3) is 0 Å². The molecule has 2 saturated heterocycles. The van der Waals surface area contributed by atoms with E-state index in [1.54, 1.807) is 0 Å². The van der Waals surface area contributed by atoms with Crippen LogP contribution >= 0.6 is 11.6 Å². The normalized spacial score (nSPS) is 27.0. The molecule has 1 amide bonds. The number of rotatable bonds is 6. The average Bonchev–Trinajstić information content (AvgIpc) is 2.97. The van der Waals surface area contributed by atoms with Gasteiger partial charge in [-0.05, 0) is 31.0 Å². The van der Waals surface area contributed by atoms with Crippen molar-refractivity contribution >= 4 is 17.5 Å². The van der Waals surface area contributed by atoms with Gasteiger partial charge in [0.15, 0.2) is 0 Å². The lowest BCUT2D eigenvalue weighted by Gasteiger charge is -2.35. The Balaban J connectivity index is 1.49. The van der Waals surface area contributed by atoms with Gasteiger partial charge >= 0.3 is 0 Å². The highest BCUT2D eigenvalue weighted by atomic mass is 35.5. The molecule has 0 aromatic heterocycles. The molecule has 0 bridgehead atoms. The Hall–Kier alpha value is -1.14. The van der Waals surface area contributed by atoms with Crippen LogP contribution in [-0.4, -0.2) is 55.8 Å². The summed E-state index contributed by atoms with van der Waals surface area (Å²) in [4.78, 5) is 14.4. The molecular formula is C18H25ClN2O3. The SMILES string of the molecule is CCOCCC(=O)N[C@H]1C[C@H]2CO[C@@H](c3ccc(Cl)cc3)CN2C1.